The van der Waals surface area contributed by atoms with Crippen molar-refractivity contribution in [1.82, 2.24) is 4.57 Å². The maximum Gasteiger partial charge on any atom is 0.122 e. The van der Waals surface area contributed by atoms with Crippen molar-refractivity contribution in [3.8, 4) is 0 Å². The van der Waals surface area contributed by atoms with Gasteiger partial charge in [0.25, 0.3) is 0 Å². The molecule has 0 radical (unpaired) electrons. The van der Waals surface area contributed by atoms with Gasteiger partial charge >= 0.3 is 0 Å². The molecule has 2 heteroatoms. The maximum atomic E-state index is 5.12. The summed E-state index contributed by atoms with van der Waals surface area (Å²) in [5, 5.41) is 1.22. The first-order valence-electron chi connectivity index (χ1n) is 4.56. The van der Waals surface area contributed by atoms with Gasteiger partial charge in [0.2, 0.25) is 0 Å². The molecule has 0 saturated heterocycles. The number of rotatable bonds is 3. The molecule has 0 amide bonds. The lowest BCUT2D eigenvalue weighted by molar-refractivity contribution is 0.135. The monoisotopic (exact) mass is 187 g/mol. The molecule has 2 nitrogen and oxygen atoms in total. The minimum absolute atomic E-state index is 0.578. The Morgan fingerprint density at radius 1 is 1.43 bits per heavy atom. The van der Waals surface area contributed by atoms with Crippen LogP contribution in [-0.4, -0.2) is 11.7 Å². The smallest absolute Gasteiger partial charge is 0.122 e. The number of ether oxygens (including phenoxy) is 1. The van der Waals surface area contributed by atoms with E-state index in [4.69, 9.17) is 4.74 Å². The fourth-order valence-corrected chi connectivity index (χ4v) is 1.68. The summed E-state index contributed by atoms with van der Waals surface area (Å²) in [5.74, 6) is 0. The number of fused-ring (bicyclic) bond motifs is 1. The van der Waals surface area contributed by atoms with E-state index in [1.165, 1.54) is 10.9 Å². The topological polar surface area (TPSA) is 14.2 Å². The molecule has 1 aromatic heterocycles. The number of methoxy groups -OCH3 is 1. The molecule has 2 rings (SSSR count). The first-order valence-corrected chi connectivity index (χ1v) is 4.56. The second-order valence-electron chi connectivity index (χ2n) is 3.19. The fourth-order valence-electron chi connectivity index (χ4n) is 1.68. The standard InChI is InChI=1S/C12H13NO/c1-3-10-8-13(9-14-2)12-7-5-4-6-11(10)12/h3-8H,1,9H2,2H3. The summed E-state index contributed by atoms with van der Waals surface area (Å²) < 4.78 is 7.20. The van der Waals surface area contributed by atoms with E-state index in [0.717, 1.165) is 5.56 Å². The van der Waals surface area contributed by atoms with Crippen molar-refractivity contribution in [3.63, 3.8) is 0 Å². The van der Waals surface area contributed by atoms with Crippen LogP contribution in [0, 0.1) is 0 Å². The third kappa shape index (κ3) is 1.34. The van der Waals surface area contributed by atoms with Gasteiger partial charge < -0.3 is 9.30 Å². The van der Waals surface area contributed by atoms with Crippen LogP contribution in [0.4, 0.5) is 0 Å². The Kier molecular flexibility index (Phi) is 2.37. The van der Waals surface area contributed by atoms with Crippen LogP contribution in [0.15, 0.2) is 37.0 Å². The largest absolute Gasteiger partial charge is 0.364 e. The van der Waals surface area contributed by atoms with Crippen molar-refractivity contribution in [2.24, 2.45) is 0 Å². The van der Waals surface area contributed by atoms with Crippen molar-refractivity contribution in [2.75, 3.05) is 7.11 Å². The summed E-state index contributed by atoms with van der Waals surface area (Å²) in [7, 11) is 1.70. The molecule has 1 aromatic carbocycles. The van der Waals surface area contributed by atoms with E-state index in [1.807, 2.05) is 18.2 Å². The summed E-state index contributed by atoms with van der Waals surface area (Å²) in [5.41, 5.74) is 2.34. The molecule has 0 N–H and O–H groups in total. The molecule has 72 valence electrons. The van der Waals surface area contributed by atoms with Gasteiger partial charge in [-0.3, -0.25) is 0 Å². The van der Waals surface area contributed by atoms with Gasteiger partial charge in [0.1, 0.15) is 6.73 Å². The second kappa shape index (κ2) is 3.68. The molecular weight excluding hydrogens is 174 g/mol. The van der Waals surface area contributed by atoms with E-state index >= 15 is 0 Å². The summed E-state index contributed by atoms with van der Waals surface area (Å²) in [4.78, 5) is 0. The van der Waals surface area contributed by atoms with E-state index < -0.39 is 0 Å². The Labute approximate surface area is 83.4 Å². The number of nitrogens with zero attached hydrogens (tertiary/aromatic N) is 1. The van der Waals surface area contributed by atoms with Gasteiger partial charge in [-0.1, -0.05) is 30.9 Å². The number of hydrogen-bond acceptors (Lipinski definition) is 1. The lowest BCUT2D eigenvalue weighted by Crippen LogP contribution is -1.96. The van der Waals surface area contributed by atoms with Crippen LogP contribution in [0.2, 0.25) is 0 Å². The quantitative estimate of drug-likeness (QED) is 0.720. The van der Waals surface area contributed by atoms with Crippen LogP contribution in [0.5, 0.6) is 0 Å². The van der Waals surface area contributed by atoms with Crippen LogP contribution in [0.1, 0.15) is 5.56 Å². The molecular formula is C12H13NO. The van der Waals surface area contributed by atoms with Gasteiger partial charge in [-0.2, -0.15) is 0 Å². The molecule has 0 unspecified atom stereocenters. The molecule has 0 aliphatic rings. The lowest BCUT2D eigenvalue weighted by atomic mass is 10.2. The van der Waals surface area contributed by atoms with Crippen LogP contribution < -0.4 is 0 Å². The molecule has 14 heavy (non-hydrogen) atoms. The zero-order chi connectivity index (χ0) is 9.97. The molecule has 2 aromatic rings. The van der Waals surface area contributed by atoms with Gasteiger partial charge in [0.15, 0.2) is 0 Å². The third-order valence-electron chi connectivity index (χ3n) is 2.31. The normalized spacial score (nSPS) is 10.6. The van der Waals surface area contributed by atoms with Crippen LogP contribution >= 0.6 is 0 Å². The predicted octanol–water partition coefficient (Wildman–Crippen LogP) is 2.89. The summed E-state index contributed by atoms with van der Waals surface area (Å²) in [6.45, 7) is 4.38. The third-order valence-corrected chi connectivity index (χ3v) is 2.31. The average molecular weight is 187 g/mol. The molecule has 0 fully saturated rings. The van der Waals surface area contributed by atoms with Gasteiger partial charge in [-0.25, -0.2) is 0 Å². The Morgan fingerprint density at radius 2 is 2.21 bits per heavy atom. The molecule has 0 aliphatic carbocycles. The van der Waals surface area contributed by atoms with E-state index in [2.05, 4.69) is 29.5 Å². The highest BCUT2D eigenvalue weighted by molar-refractivity contribution is 5.89. The van der Waals surface area contributed by atoms with Gasteiger partial charge in [-0.15, -0.1) is 0 Å². The zero-order valence-electron chi connectivity index (χ0n) is 8.23. The van der Waals surface area contributed by atoms with Gasteiger partial charge in [-0.05, 0) is 11.6 Å². The van der Waals surface area contributed by atoms with Crippen LogP contribution in [0.3, 0.4) is 0 Å². The minimum atomic E-state index is 0.578. The van der Waals surface area contributed by atoms with E-state index in [0.29, 0.717) is 6.73 Å². The van der Waals surface area contributed by atoms with Crippen molar-refractivity contribution in [1.29, 1.82) is 0 Å². The number of hydrogen-bond donors (Lipinski definition) is 0. The lowest BCUT2D eigenvalue weighted by Gasteiger charge is -2.01. The Balaban J connectivity index is 2.66. The molecule has 0 spiro atoms. The first kappa shape index (κ1) is 9.03. The van der Waals surface area contributed by atoms with E-state index in [-0.39, 0.29) is 0 Å². The maximum absolute atomic E-state index is 5.12. The SMILES string of the molecule is C=Cc1cn(COC)c2ccccc12. The van der Waals surface area contributed by atoms with Gasteiger partial charge in [0.05, 0.1) is 5.52 Å². The van der Waals surface area contributed by atoms with Gasteiger partial charge in [0, 0.05) is 18.7 Å². The Hall–Kier alpha value is -1.54. The minimum Gasteiger partial charge on any atom is -0.364 e. The number of benzene rings is 1. The Morgan fingerprint density at radius 3 is 2.93 bits per heavy atom. The number of para-hydroxylation sites is 1. The first-order chi connectivity index (χ1) is 6.86. The highest BCUT2D eigenvalue weighted by Crippen LogP contribution is 2.21. The Bertz CT molecular complexity index is 456. The van der Waals surface area contributed by atoms with Crippen molar-refractivity contribution < 1.29 is 4.74 Å². The van der Waals surface area contributed by atoms with Crippen molar-refractivity contribution >= 4 is 17.0 Å². The molecule has 0 saturated carbocycles. The fraction of sp³-hybridized carbons (Fsp3) is 0.167. The molecule has 0 aliphatic heterocycles. The average Bonchev–Trinajstić information content (AvgIpc) is 2.58. The van der Waals surface area contributed by atoms with Crippen molar-refractivity contribution in [2.45, 2.75) is 6.73 Å². The molecule has 1 heterocycles. The van der Waals surface area contributed by atoms with E-state index in [9.17, 15) is 0 Å². The predicted molar refractivity (Wildman–Crippen MR) is 59.0 cm³/mol. The highest BCUT2D eigenvalue weighted by Gasteiger charge is 2.03. The van der Waals surface area contributed by atoms with Crippen LogP contribution in [0.25, 0.3) is 17.0 Å². The van der Waals surface area contributed by atoms with E-state index in [1.54, 1.807) is 7.11 Å². The summed E-state index contributed by atoms with van der Waals surface area (Å²) >= 11 is 0. The highest BCUT2D eigenvalue weighted by atomic mass is 16.5. The summed E-state index contributed by atoms with van der Waals surface area (Å²) in [6.07, 6.45) is 3.93. The van der Waals surface area contributed by atoms with Crippen LogP contribution in [-0.2, 0) is 11.5 Å². The number of aromatic nitrogens is 1. The summed E-state index contributed by atoms with van der Waals surface area (Å²) in [6, 6.07) is 8.24. The van der Waals surface area contributed by atoms with Crippen molar-refractivity contribution in [3.05, 3.63) is 42.6 Å². The molecule has 0 atom stereocenters. The molecule has 0 bridgehead atoms. The zero-order valence-corrected chi connectivity index (χ0v) is 8.23. The second-order valence-corrected chi connectivity index (χ2v) is 3.19.